The summed E-state index contributed by atoms with van der Waals surface area (Å²) in [7, 11) is 0. The second-order valence-corrected chi connectivity index (χ2v) is 25.6. The molecule has 0 radical (unpaired) electrons. The molecule has 1 aliphatic rings. The number of esters is 1. The van der Waals surface area contributed by atoms with Crippen LogP contribution in [0.15, 0.2) is 48.6 Å². The largest absolute Gasteiger partial charge is 0.466 e. The van der Waals surface area contributed by atoms with Crippen LogP contribution in [-0.2, 0) is 23.8 Å². The first kappa shape index (κ1) is 81.6. The Labute approximate surface area is 529 Å². The lowest BCUT2D eigenvalue weighted by Gasteiger charge is -2.40. The molecule has 86 heavy (non-hydrogen) atoms. The quantitative estimate of drug-likeness (QED) is 0.0195. The first-order chi connectivity index (χ1) is 42.2. The Hall–Kier alpha value is -2.38. The summed E-state index contributed by atoms with van der Waals surface area (Å²) in [5, 5.41) is 54.4. The predicted molar refractivity (Wildman–Crippen MR) is 361 cm³/mol. The Morgan fingerprint density at radius 3 is 1.21 bits per heavy atom. The molecular weight excluding hydrogens is 1070 g/mol. The van der Waals surface area contributed by atoms with Gasteiger partial charge in [0.1, 0.15) is 24.4 Å². The third kappa shape index (κ3) is 52.4. The zero-order valence-electron chi connectivity index (χ0n) is 56.0. The molecular formula is C75H139NO10. The molecule has 1 rings (SSSR count). The summed E-state index contributed by atoms with van der Waals surface area (Å²) in [6.45, 7) is 4.32. The van der Waals surface area contributed by atoms with Gasteiger partial charge in [0.25, 0.3) is 0 Å². The molecule has 1 heterocycles. The molecule has 0 saturated carbocycles. The Kier molecular flexibility index (Phi) is 60.9. The van der Waals surface area contributed by atoms with Crippen molar-refractivity contribution in [3.63, 3.8) is 0 Å². The van der Waals surface area contributed by atoms with Gasteiger partial charge in [-0.25, -0.2) is 0 Å². The molecule has 0 aromatic carbocycles. The highest BCUT2D eigenvalue weighted by Crippen LogP contribution is 2.23. The van der Waals surface area contributed by atoms with E-state index in [1.165, 1.54) is 263 Å². The summed E-state index contributed by atoms with van der Waals surface area (Å²) in [6.07, 6.45) is 74.1. The number of aliphatic hydroxyl groups excluding tert-OH is 5. The van der Waals surface area contributed by atoms with Crippen molar-refractivity contribution in [3.05, 3.63) is 48.6 Å². The molecule has 0 spiro atoms. The molecule has 7 atom stereocenters. The van der Waals surface area contributed by atoms with Crippen LogP contribution < -0.4 is 5.32 Å². The van der Waals surface area contributed by atoms with E-state index in [-0.39, 0.29) is 18.5 Å². The molecule has 6 N–H and O–H groups in total. The zero-order valence-corrected chi connectivity index (χ0v) is 56.0. The van der Waals surface area contributed by atoms with Crippen LogP contribution in [-0.4, -0.2) is 100 Å². The fraction of sp³-hybridized carbons (Fsp3) is 0.867. The number of carbonyl (C=O) groups is 2. The van der Waals surface area contributed by atoms with Gasteiger partial charge in [0.15, 0.2) is 6.29 Å². The van der Waals surface area contributed by atoms with Crippen LogP contribution in [0.25, 0.3) is 0 Å². The number of unbranched alkanes of at least 4 members (excludes halogenated alkanes) is 45. The lowest BCUT2D eigenvalue weighted by molar-refractivity contribution is -0.302. The minimum Gasteiger partial charge on any atom is -0.466 e. The van der Waals surface area contributed by atoms with E-state index in [2.05, 4.69) is 55.6 Å². The SMILES string of the molecule is CCCCC/C=C\C/C=C\CCCCCCCC(=O)OCCCCCCCCCCCCCC/C=C\CCCCCCCCCCCCCCCCCCCC(=O)NC(COC1OC(CO)C(O)C(O)C1O)C(O)/C=C/CCCCCCCCCC. The summed E-state index contributed by atoms with van der Waals surface area (Å²) < 4.78 is 16.7. The topological polar surface area (TPSA) is 175 Å². The van der Waals surface area contributed by atoms with Gasteiger partial charge in [-0.05, 0) is 89.9 Å². The third-order valence-corrected chi connectivity index (χ3v) is 17.4. The number of ether oxygens (including phenoxy) is 3. The van der Waals surface area contributed by atoms with Gasteiger partial charge >= 0.3 is 5.97 Å². The van der Waals surface area contributed by atoms with E-state index in [9.17, 15) is 35.1 Å². The normalized spacial score (nSPS) is 18.2. The fourth-order valence-corrected chi connectivity index (χ4v) is 11.6. The van der Waals surface area contributed by atoms with Gasteiger partial charge in [0, 0.05) is 12.8 Å². The number of rotatable bonds is 65. The van der Waals surface area contributed by atoms with E-state index in [1.54, 1.807) is 6.08 Å². The monoisotopic (exact) mass is 1210 g/mol. The number of amides is 1. The summed E-state index contributed by atoms with van der Waals surface area (Å²) in [5.41, 5.74) is 0. The highest BCUT2D eigenvalue weighted by atomic mass is 16.7. The van der Waals surface area contributed by atoms with Gasteiger partial charge in [-0.2, -0.15) is 0 Å². The van der Waals surface area contributed by atoms with E-state index < -0.39 is 49.5 Å². The minimum atomic E-state index is -1.57. The predicted octanol–water partition coefficient (Wildman–Crippen LogP) is 19.1. The Morgan fingerprint density at radius 2 is 0.779 bits per heavy atom. The lowest BCUT2D eigenvalue weighted by atomic mass is 9.99. The molecule has 1 saturated heterocycles. The van der Waals surface area contributed by atoms with Crippen LogP contribution in [0.1, 0.15) is 354 Å². The Bertz CT molecular complexity index is 1570. The van der Waals surface area contributed by atoms with Crippen molar-refractivity contribution in [1.82, 2.24) is 5.32 Å². The van der Waals surface area contributed by atoms with Crippen molar-refractivity contribution in [2.45, 2.75) is 397 Å². The summed E-state index contributed by atoms with van der Waals surface area (Å²) in [4.78, 5) is 25.1. The van der Waals surface area contributed by atoms with Crippen molar-refractivity contribution in [2.24, 2.45) is 0 Å². The van der Waals surface area contributed by atoms with Crippen LogP contribution in [0.4, 0.5) is 0 Å². The smallest absolute Gasteiger partial charge is 0.305 e. The molecule has 504 valence electrons. The van der Waals surface area contributed by atoms with Crippen molar-refractivity contribution in [1.29, 1.82) is 0 Å². The highest BCUT2D eigenvalue weighted by Gasteiger charge is 2.44. The molecule has 0 aromatic rings. The summed E-state index contributed by atoms with van der Waals surface area (Å²) in [5.74, 6) is -0.181. The van der Waals surface area contributed by atoms with Crippen molar-refractivity contribution < 1.29 is 49.3 Å². The molecule has 0 aromatic heterocycles. The number of aliphatic hydroxyl groups is 5. The Balaban J connectivity index is 1.90. The van der Waals surface area contributed by atoms with E-state index in [4.69, 9.17) is 14.2 Å². The van der Waals surface area contributed by atoms with Gasteiger partial charge in [-0.15, -0.1) is 0 Å². The van der Waals surface area contributed by atoms with E-state index in [0.29, 0.717) is 19.4 Å². The van der Waals surface area contributed by atoms with E-state index in [1.807, 2.05) is 6.08 Å². The molecule has 0 bridgehead atoms. The molecule has 1 fully saturated rings. The van der Waals surface area contributed by atoms with E-state index >= 15 is 0 Å². The van der Waals surface area contributed by atoms with E-state index in [0.717, 1.165) is 64.2 Å². The molecule has 7 unspecified atom stereocenters. The molecule has 0 aliphatic carbocycles. The fourth-order valence-electron chi connectivity index (χ4n) is 11.6. The van der Waals surface area contributed by atoms with Crippen LogP contribution >= 0.6 is 0 Å². The van der Waals surface area contributed by atoms with Crippen LogP contribution in [0, 0.1) is 0 Å². The first-order valence-corrected chi connectivity index (χ1v) is 36.9. The molecule has 11 nitrogen and oxygen atoms in total. The molecule has 11 heteroatoms. The van der Waals surface area contributed by atoms with Crippen molar-refractivity contribution >= 4 is 11.9 Å². The van der Waals surface area contributed by atoms with Crippen molar-refractivity contribution in [2.75, 3.05) is 19.8 Å². The number of hydrogen-bond donors (Lipinski definition) is 6. The van der Waals surface area contributed by atoms with Crippen LogP contribution in [0.3, 0.4) is 0 Å². The van der Waals surface area contributed by atoms with Gasteiger partial charge in [0.05, 0.1) is 32.0 Å². The number of nitrogens with one attached hydrogen (secondary N) is 1. The second kappa shape index (κ2) is 64.2. The van der Waals surface area contributed by atoms with Crippen LogP contribution in [0.5, 0.6) is 0 Å². The average Bonchev–Trinajstić information content (AvgIpc) is 2.52. The standard InChI is InChI=1S/C75H139NO10/c1-3-5-7-9-11-13-15-16-36-40-43-47-51-55-59-63-71(80)84-64-60-56-52-48-44-41-38-35-33-31-29-27-25-23-21-19-17-18-20-22-24-26-28-30-32-34-37-39-42-46-50-54-58-62-70(79)76-67(66-85-75-74(83)73(82)72(81)69(65-77)86-75)68(78)61-57-53-49-45-14-12-10-8-6-4-2/h11,13,16,21,23,36,57,61,67-69,72-75,77-78,81-83H,3-10,12,14-15,17-20,22,24-35,37-56,58-60,62-66H2,1-2H3,(H,76,79)/b13-11-,23-21-,36-16-,61-57+. The maximum atomic E-state index is 13.0. The average molecular weight is 1210 g/mol. The second-order valence-electron chi connectivity index (χ2n) is 25.6. The number of carbonyl (C=O) groups excluding carboxylic acids is 2. The Morgan fingerprint density at radius 1 is 0.430 bits per heavy atom. The van der Waals surface area contributed by atoms with Gasteiger partial charge in [-0.1, -0.05) is 300 Å². The van der Waals surface area contributed by atoms with Gasteiger partial charge in [0.2, 0.25) is 5.91 Å². The maximum Gasteiger partial charge on any atom is 0.305 e. The lowest BCUT2D eigenvalue weighted by Crippen LogP contribution is -2.60. The number of allylic oxidation sites excluding steroid dienone is 7. The highest BCUT2D eigenvalue weighted by molar-refractivity contribution is 5.76. The molecule has 1 aliphatic heterocycles. The number of hydrogen-bond acceptors (Lipinski definition) is 10. The van der Waals surface area contributed by atoms with Gasteiger partial charge < -0.3 is 45.1 Å². The minimum absolute atomic E-state index is 0.00258. The summed E-state index contributed by atoms with van der Waals surface area (Å²) >= 11 is 0. The van der Waals surface area contributed by atoms with Crippen LogP contribution in [0.2, 0.25) is 0 Å². The summed E-state index contributed by atoms with van der Waals surface area (Å²) in [6, 6.07) is -0.807. The third-order valence-electron chi connectivity index (χ3n) is 17.4. The zero-order chi connectivity index (χ0) is 62.3. The maximum absolute atomic E-state index is 13.0. The van der Waals surface area contributed by atoms with Crippen molar-refractivity contribution in [3.8, 4) is 0 Å². The van der Waals surface area contributed by atoms with Gasteiger partial charge in [-0.3, -0.25) is 9.59 Å². The first-order valence-electron chi connectivity index (χ1n) is 36.9. The molecule has 1 amide bonds.